The van der Waals surface area contributed by atoms with Crippen molar-refractivity contribution in [1.29, 1.82) is 5.26 Å². The molecule has 0 spiro atoms. The first-order valence-corrected chi connectivity index (χ1v) is 8.51. The monoisotopic (exact) mass is 391 g/mol. The van der Waals surface area contributed by atoms with Crippen LogP contribution in [0.3, 0.4) is 0 Å². The second-order valence-electron chi connectivity index (χ2n) is 5.32. The van der Waals surface area contributed by atoms with E-state index in [0.717, 1.165) is 16.8 Å². The average Bonchev–Trinajstić information content (AvgIpc) is 3.02. The Kier molecular flexibility index (Phi) is 5.25. The molecule has 0 saturated carbocycles. The molecule has 0 fully saturated rings. The number of anilines is 1. The first-order chi connectivity index (χ1) is 12.9. The van der Waals surface area contributed by atoms with E-state index in [1.54, 1.807) is 6.07 Å². The molecule has 3 rings (SSSR count). The van der Waals surface area contributed by atoms with E-state index in [4.69, 9.17) is 0 Å². The summed E-state index contributed by atoms with van der Waals surface area (Å²) in [6, 6.07) is 12.5. The molecule has 1 unspecified atom stereocenters. The molecule has 1 N–H and O–H groups in total. The van der Waals surface area contributed by atoms with E-state index in [9.17, 15) is 27.2 Å². The van der Waals surface area contributed by atoms with E-state index in [-0.39, 0.29) is 16.9 Å². The SMILES string of the molecule is N#Cc1c(C(F)F)nn(-c2ccc(NS(=O)[O-])cc2)c1-c1ccc(F)cc1. The molecule has 138 valence electrons. The molecule has 1 atom stereocenters. The number of nitrogens with zero attached hydrogens (tertiary/aromatic N) is 3. The fourth-order valence-corrected chi connectivity index (χ4v) is 2.85. The van der Waals surface area contributed by atoms with Gasteiger partial charge in [-0.3, -0.25) is 4.21 Å². The van der Waals surface area contributed by atoms with Crippen molar-refractivity contribution in [2.24, 2.45) is 0 Å². The molecule has 0 aliphatic heterocycles. The summed E-state index contributed by atoms with van der Waals surface area (Å²) >= 11 is -2.51. The van der Waals surface area contributed by atoms with Gasteiger partial charge in [0.1, 0.15) is 23.1 Å². The van der Waals surface area contributed by atoms with Gasteiger partial charge in [-0.1, -0.05) is 0 Å². The lowest BCUT2D eigenvalue weighted by Gasteiger charge is -2.11. The zero-order valence-corrected chi connectivity index (χ0v) is 14.2. The van der Waals surface area contributed by atoms with Crippen LogP contribution in [0.5, 0.6) is 0 Å². The van der Waals surface area contributed by atoms with E-state index in [0.29, 0.717) is 11.3 Å². The molecule has 1 aromatic heterocycles. The molecule has 3 aromatic rings. The number of hydrogen-bond acceptors (Lipinski definition) is 4. The Hall–Kier alpha value is -3.16. The number of rotatable bonds is 5. The van der Waals surface area contributed by atoms with E-state index in [1.165, 1.54) is 36.4 Å². The normalized spacial score (nSPS) is 12.0. The Balaban J connectivity index is 2.18. The summed E-state index contributed by atoms with van der Waals surface area (Å²) in [5.74, 6) is -0.515. The minimum absolute atomic E-state index is 0.0842. The smallest absolute Gasteiger partial charge is 0.283 e. The van der Waals surface area contributed by atoms with Gasteiger partial charge in [0, 0.05) is 22.5 Å². The number of benzene rings is 2. The molecule has 2 aromatic carbocycles. The maximum absolute atomic E-state index is 13.3. The van der Waals surface area contributed by atoms with E-state index < -0.39 is 29.2 Å². The number of nitrogens with one attached hydrogen (secondary N) is 1. The van der Waals surface area contributed by atoms with Crippen molar-refractivity contribution < 1.29 is 21.9 Å². The number of aromatic nitrogens is 2. The van der Waals surface area contributed by atoms with Crippen molar-refractivity contribution in [2.45, 2.75) is 6.43 Å². The summed E-state index contributed by atoms with van der Waals surface area (Å²) in [6.45, 7) is 0. The van der Waals surface area contributed by atoms with Crippen molar-refractivity contribution in [2.75, 3.05) is 4.72 Å². The molecule has 27 heavy (non-hydrogen) atoms. The van der Waals surface area contributed by atoms with Gasteiger partial charge >= 0.3 is 0 Å². The lowest BCUT2D eigenvalue weighted by atomic mass is 10.1. The summed E-state index contributed by atoms with van der Waals surface area (Å²) in [4.78, 5) is 0. The standard InChI is InChI=1S/C17H11F3N4O2S/c18-11-3-1-10(2-4-11)16-14(9-21)15(17(19)20)22-24(16)13-7-5-12(6-8-13)23-27(25)26/h1-8,17,23H,(H,25,26)/p-1. The average molecular weight is 391 g/mol. The summed E-state index contributed by atoms with van der Waals surface area (Å²) in [7, 11) is 0. The fourth-order valence-electron chi connectivity index (χ4n) is 2.53. The second-order valence-corrected chi connectivity index (χ2v) is 6.00. The molecule has 0 aliphatic rings. The first kappa shape index (κ1) is 18.6. The molecular weight excluding hydrogens is 381 g/mol. The van der Waals surface area contributed by atoms with Crippen LogP contribution in [0.15, 0.2) is 48.5 Å². The van der Waals surface area contributed by atoms with Gasteiger partial charge in [0.15, 0.2) is 0 Å². The lowest BCUT2D eigenvalue weighted by molar-refractivity contribution is 0.145. The Bertz CT molecular complexity index is 1030. The van der Waals surface area contributed by atoms with Gasteiger partial charge in [-0.2, -0.15) is 10.4 Å². The Labute approximate surface area is 154 Å². The van der Waals surface area contributed by atoms with Crippen molar-refractivity contribution in [3.05, 3.63) is 65.6 Å². The molecule has 0 saturated heterocycles. The largest absolute Gasteiger partial charge is 0.755 e. The molecule has 0 aliphatic carbocycles. The topological polar surface area (TPSA) is 93.8 Å². The van der Waals surface area contributed by atoms with Gasteiger partial charge in [-0.25, -0.2) is 17.9 Å². The molecule has 0 radical (unpaired) electrons. The summed E-state index contributed by atoms with van der Waals surface area (Å²) in [5.41, 5.74) is -0.0209. The van der Waals surface area contributed by atoms with Crippen LogP contribution in [0.2, 0.25) is 0 Å². The van der Waals surface area contributed by atoms with Gasteiger partial charge in [-0.05, 0) is 48.5 Å². The van der Waals surface area contributed by atoms with Gasteiger partial charge in [0.2, 0.25) is 0 Å². The predicted octanol–water partition coefficient (Wildman–Crippen LogP) is 3.69. The fraction of sp³-hybridized carbons (Fsp3) is 0.0588. The van der Waals surface area contributed by atoms with Crippen molar-refractivity contribution in [3.8, 4) is 23.0 Å². The third-order valence-corrected chi connectivity index (χ3v) is 4.06. The highest BCUT2D eigenvalue weighted by Gasteiger charge is 2.25. The minimum Gasteiger partial charge on any atom is -0.755 e. The number of halogens is 3. The van der Waals surface area contributed by atoms with Gasteiger partial charge in [0.25, 0.3) is 6.43 Å². The summed E-state index contributed by atoms with van der Waals surface area (Å²) in [6.07, 6.45) is -2.98. The molecule has 6 nitrogen and oxygen atoms in total. The quantitative estimate of drug-likeness (QED) is 0.671. The lowest BCUT2D eigenvalue weighted by Crippen LogP contribution is -2.03. The third-order valence-electron chi connectivity index (χ3n) is 3.66. The van der Waals surface area contributed by atoms with Gasteiger partial charge in [-0.15, -0.1) is 0 Å². The maximum Gasteiger partial charge on any atom is 0.283 e. The number of nitriles is 1. The molecular formula is C17H10F3N4O2S-. The van der Waals surface area contributed by atoms with Gasteiger partial charge in [0.05, 0.1) is 11.4 Å². The summed E-state index contributed by atoms with van der Waals surface area (Å²) in [5, 5.41) is 13.2. The Morgan fingerprint density at radius 1 is 1.15 bits per heavy atom. The second kappa shape index (κ2) is 7.61. The van der Waals surface area contributed by atoms with E-state index in [1.807, 2.05) is 0 Å². The van der Waals surface area contributed by atoms with E-state index in [2.05, 4.69) is 9.82 Å². The zero-order valence-electron chi connectivity index (χ0n) is 13.4. The highest BCUT2D eigenvalue weighted by molar-refractivity contribution is 7.80. The van der Waals surface area contributed by atoms with Crippen molar-refractivity contribution >= 4 is 17.0 Å². The molecule has 10 heteroatoms. The number of hydrogen-bond donors (Lipinski definition) is 1. The van der Waals surface area contributed by atoms with Crippen LogP contribution in [0.4, 0.5) is 18.9 Å². The van der Waals surface area contributed by atoms with Crippen LogP contribution in [0.25, 0.3) is 16.9 Å². The van der Waals surface area contributed by atoms with Crippen LogP contribution < -0.4 is 4.72 Å². The van der Waals surface area contributed by atoms with Crippen LogP contribution >= 0.6 is 0 Å². The van der Waals surface area contributed by atoms with Gasteiger partial charge < -0.3 is 9.27 Å². The Morgan fingerprint density at radius 3 is 2.30 bits per heavy atom. The van der Waals surface area contributed by atoms with Crippen LogP contribution in [0, 0.1) is 17.1 Å². The molecule has 1 heterocycles. The predicted molar refractivity (Wildman–Crippen MR) is 91.2 cm³/mol. The van der Waals surface area contributed by atoms with Crippen LogP contribution in [0.1, 0.15) is 17.7 Å². The highest BCUT2D eigenvalue weighted by Crippen LogP contribution is 2.33. The van der Waals surface area contributed by atoms with E-state index >= 15 is 0 Å². The Morgan fingerprint density at radius 2 is 1.78 bits per heavy atom. The van der Waals surface area contributed by atoms with Crippen LogP contribution in [-0.4, -0.2) is 18.5 Å². The number of alkyl halides is 2. The maximum atomic E-state index is 13.3. The minimum atomic E-state index is -2.98. The zero-order chi connectivity index (χ0) is 19.6. The van der Waals surface area contributed by atoms with Crippen molar-refractivity contribution in [1.82, 2.24) is 9.78 Å². The van der Waals surface area contributed by atoms with Crippen LogP contribution in [-0.2, 0) is 11.3 Å². The summed E-state index contributed by atoms with van der Waals surface area (Å²) < 4.78 is 64.6. The third kappa shape index (κ3) is 3.84. The van der Waals surface area contributed by atoms with Crippen molar-refractivity contribution in [3.63, 3.8) is 0 Å². The molecule has 0 amide bonds. The highest BCUT2D eigenvalue weighted by atomic mass is 32.2. The first-order valence-electron chi connectivity index (χ1n) is 7.44. The molecule has 0 bridgehead atoms.